The Balaban J connectivity index is 1.64. The van der Waals surface area contributed by atoms with Crippen LogP contribution in [0.4, 0.5) is 0 Å². The first kappa shape index (κ1) is 29.6. The number of esters is 2. The second-order valence-corrected chi connectivity index (χ2v) is 10.00. The van der Waals surface area contributed by atoms with Crippen molar-refractivity contribution in [3.05, 3.63) is 48.5 Å². The largest absolute Gasteiger partial charge is 0.427 e. The summed E-state index contributed by atoms with van der Waals surface area (Å²) in [6.45, 7) is 6.37. The lowest BCUT2D eigenvalue weighted by Gasteiger charge is -2.09. The molecule has 36 heavy (non-hydrogen) atoms. The molecule has 0 radical (unpaired) electrons. The number of benzene rings is 2. The molecule has 1 atom stereocenters. The molecule has 198 valence electrons. The van der Waals surface area contributed by atoms with E-state index in [1.165, 1.54) is 57.8 Å². The van der Waals surface area contributed by atoms with Crippen LogP contribution in [0.1, 0.15) is 111 Å². The third-order valence-corrected chi connectivity index (χ3v) is 6.70. The van der Waals surface area contributed by atoms with Gasteiger partial charge in [-0.15, -0.1) is 0 Å². The van der Waals surface area contributed by atoms with Crippen LogP contribution in [-0.4, -0.2) is 11.9 Å². The fourth-order valence-corrected chi connectivity index (χ4v) is 4.15. The van der Waals surface area contributed by atoms with Crippen molar-refractivity contribution in [2.24, 2.45) is 5.92 Å². The Morgan fingerprint density at radius 2 is 1.03 bits per heavy atom. The molecule has 0 saturated carbocycles. The van der Waals surface area contributed by atoms with Crippen LogP contribution in [0.2, 0.25) is 0 Å². The van der Waals surface area contributed by atoms with Gasteiger partial charge in [0.05, 0.1) is 0 Å². The Morgan fingerprint density at radius 1 is 0.611 bits per heavy atom. The van der Waals surface area contributed by atoms with E-state index in [0.29, 0.717) is 30.3 Å². The van der Waals surface area contributed by atoms with Gasteiger partial charge in [-0.1, -0.05) is 116 Å². The molecule has 0 N–H and O–H groups in total. The monoisotopic (exact) mass is 494 g/mol. The van der Waals surface area contributed by atoms with Gasteiger partial charge in [0.2, 0.25) is 0 Å². The molecule has 0 amide bonds. The highest BCUT2D eigenvalue weighted by Gasteiger charge is 2.10. The minimum absolute atomic E-state index is 0.165. The zero-order valence-corrected chi connectivity index (χ0v) is 22.7. The van der Waals surface area contributed by atoms with E-state index in [-0.39, 0.29) is 11.9 Å². The number of hydrogen-bond acceptors (Lipinski definition) is 4. The van der Waals surface area contributed by atoms with Crippen molar-refractivity contribution in [3.63, 3.8) is 0 Å². The van der Waals surface area contributed by atoms with Crippen molar-refractivity contribution in [3.8, 4) is 22.6 Å². The van der Waals surface area contributed by atoms with Gasteiger partial charge in [-0.25, -0.2) is 0 Å². The van der Waals surface area contributed by atoms with Gasteiger partial charge in [-0.2, -0.15) is 0 Å². The Labute approximate surface area is 218 Å². The van der Waals surface area contributed by atoms with Gasteiger partial charge in [0.1, 0.15) is 11.5 Å². The number of unbranched alkanes of at least 4 members (excludes halogenated alkanes) is 10. The highest BCUT2D eigenvalue weighted by molar-refractivity contribution is 5.74. The van der Waals surface area contributed by atoms with Gasteiger partial charge < -0.3 is 9.47 Å². The third-order valence-electron chi connectivity index (χ3n) is 6.70. The Bertz CT molecular complexity index is 870. The van der Waals surface area contributed by atoms with Crippen LogP contribution in [0.25, 0.3) is 11.1 Å². The molecule has 2 aromatic rings. The maximum absolute atomic E-state index is 12.2. The maximum atomic E-state index is 12.2. The predicted molar refractivity (Wildman–Crippen MR) is 148 cm³/mol. The summed E-state index contributed by atoms with van der Waals surface area (Å²) >= 11 is 0. The number of hydrogen-bond donors (Lipinski definition) is 0. The zero-order valence-electron chi connectivity index (χ0n) is 22.7. The summed E-state index contributed by atoms with van der Waals surface area (Å²) < 4.78 is 10.9. The molecule has 0 aliphatic carbocycles. The lowest BCUT2D eigenvalue weighted by molar-refractivity contribution is -0.136. The molecule has 0 heterocycles. The summed E-state index contributed by atoms with van der Waals surface area (Å²) in [5.41, 5.74) is 2.02. The second-order valence-electron chi connectivity index (χ2n) is 10.00. The number of ether oxygens (including phenoxy) is 2. The lowest BCUT2D eigenvalue weighted by Crippen LogP contribution is -2.11. The summed E-state index contributed by atoms with van der Waals surface area (Å²) in [6.07, 6.45) is 15.8. The van der Waals surface area contributed by atoms with Crippen LogP contribution >= 0.6 is 0 Å². The predicted octanol–water partition coefficient (Wildman–Crippen LogP) is 9.30. The first-order valence-corrected chi connectivity index (χ1v) is 14.1. The molecule has 2 rings (SSSR count). The molecule has 2 aromatic carbocycles. The molecular weight excluding hydrogens is 448 g/mol. The standard InChI is InChI=1S/C32H46O4/c1-4-6-7-8-9-10-11-12-13-14-15-16-31(33)35-29-21-17-27(18-22-29)28-19-23-30(24-20-28)36-32(34)25-26(3)5-2/h17-24,26H,4-16,25H2,1-3H3. The molecule has 0 aromatic heterocycles. The zero-order chi connectivity index (χ0) is 26.0. The first-order chi connectivity index (χ1) is 17.5. The number of carbonyl (C=O) groups is 2. The van der Waals surface area contributed by atoms with Gasteiger partial charge >= 0.3 is 11.9 Å². The van der Waals surface area contributed by atoms with E-state index in [4.69, 9.17) is 9.47 Å². The van der Waals surface area contributed by atoms with E-state index in [1.54, 1.807) is 0 Å². The summed E-state index contributed by atoms with van der Waals surface area (Å²) in [5, 5.41) is 0. The van der Waals surface area contributed by atoms with Crippen LogP contribution in [0.3, 0.4) is 0 Å². The van der Waals surface area contributed by atoms with Crippen LogP contribution in [0.15, 0.2) is 48.5 Å². The molecule has 0 aliphatic rings. The van der Waals surface area contributed by atoms with Crippen LogP contribution in [0.5, 0.6) is 11.5 Å². The topological polar surface area (TPSA) is 52.6 Å². The van der Waals surface area contributed by atoms with Crippen molar-refractivity contribution in [2.75, 3.05) is 0 Å². The first-order valence-electron chi connectivity index (χ1n) is 14.1. The third kappa shape index (κ3) is 12.4. The van der Waals surface area contributed by atoms with Gasteiger partial charge in [-0.05, 0) is 47.7 Å². The molecule has 4 nitrogen and oxygen atoms in total. The summed E-state index contributed by atoms with van der Waals surface area (Å²) in [4.78, 5) is 24.1. The molecule has 0 spiro atoms. The fraction of sp³-hybridized carbons (Fsp3) is 0.562. The van der Waals surface area contributed by atoms with Crippen molar-refractivity contribution < 1.29 is 19.1 Å². The smallest absolute Gasteiger partial charge is 0.311 e. The molecule has 0 saturated heterocycles. The highest BCUT2D eigenvalue weighted by atomic mass is 16.5. The van der Waals surface area contributed by atoms with Crippen LogP contribution in [-0.2, 0) is 9.59 Å². The van der Waals surface area contributed by atoms with Crippen molar-refractivity contribution in [2.45, 2.75) is 111 Å². The van der Waals surface area contributed by atoms with E-state index in [1.807, 2.05) is 55.5 Å². The number of carbonyl (C=O) groups excluding carboxylic acids is 2. The molecule has 0 aliphatic heterocycles. The average Bonchev–Trinajstić information content (AvgIpc) is 2.88. The minimum atomic E-state index is -0.198. The van der Waals surface area contributed by atoms with E-state index in [0.717, 1.165) is 30.4 Å². The van der Waals surface area contributed by atoms with E-state index in [2.05, 4.69) is 13.8 Å². The summed E-state index contributed by atoms with van der Waals surface area (Å²) in [7, 11) is 0. The fourth-order valence-electron chi connectivity index (χ4n) is 4.15. The average molecular weight is 495 g/mol. The Hall–Kier alpha value is -2.62. The summed E-state index contributed by atoms with van der Waals surface area (Å²) in [6, 6.07) is 15.0. The van der Waals surface area contributed by atoms with E-state index < -0.39 is 0 Å². The Kier molecular flexibility index (Phi) is 14.6. The molecule has 4 heteroatoms. The minimum Gasteiger partial charge on any atom is -0.427 e. The highest BCUT2D eigenvalue weighted by Crippen LogP contribution is 2.25. The number of rotatable bonds is 18. The SMILES string of the molecule is CCCCCCCCCCCCCC(=O)Oc1ccc(-c2ccc(OC(=O)CC(C)CC)cc2)cc1. The molecule has 0 bridgehead atoms. The molecule has 0 fully saturated rings. The van der Waals surface area contributed by atoms with Gasteiger partial charge in [0.15, 0.2) is 0 Å². The second kappa shape index (κ2) is 17.8. The maximum Gasteiger partial charge on any atom is 0.311 e. The van der Waals surface area contributed by atoms with Crippen molar-refractivity contribution in [1.29, 1.82) is 0 Å². The molecule has 1 unspecified atom stereocenters. The lowest BCUT2D eigenvalue weighted by atomic mass is 10.1. The Morgan fingerprint density at radius 3 is 1.47 bits per heavy atom. The van der Waals surface area contributed by atoms with Crippen molar-refractivity contribution in [1.82, 2.24) is 0 Å². The van der Waals surface area contributed by atoms with Gasteiger partial charge in [0, 0.05) is 12.8 Å². The van der Waals surface area contributed by atoms with E-state index >= 15 is 0 Å². The quantitative estimate of drug-likeness (QED) is 0.118. The summed E-state index contributed by atoms with van der Waals surface area (Å²) in [5.74, 6) is 1.09. The molecular formula is C32H46O4. The van der Waals surface area contributed by atoms with Crippen LogP contribution in [0, 0.1) is 5.92 Å². The van der Waals surface area contributed by atoms with Gasteiger partial charge in [-0.3, -0.25) is 9.59 Å². The van der Waals surface area contributed by atoms with Crippen LogP contribution < -0.4 is 9.47 Å². The normalized spacial score (nSPS) is 11.8. The van der Waals surface area contributed by atoms with E-state index in [9.17, 15) is 9.59 Å². The van der Waals surface area contributed by atoms with Crippen molar-refractivity contribution >= 4 is 11.9 Å². The van der Waals surface area contributed by atoms with Gasteiger partial charge in [0.25, 0.3) is 0 Å².